The summed E-state index contributed by atoms with van der Waals surface area (Å²) >= 11 is 0. The van der Waals surface area contributed by atoms with Crippen LogP contribution in [0.5, 0.6) is 5.75 Å². The highest BCUT2D eigenvalue weighted by molar-refractivity contribution is 7.92. The topological polar surface area (TPSA) is 75.7 Å². The molecule has 1 amide bonds. The number of hydrogen-bond acceptors (Lipinski definition) is 4. The van der Waals surface area contributed by atoms with Gasteiger partial charge in [0.05, 0.1) is 17.2 Å². The summed E-state index contributed by atoms with van der Waals surface area (Å²) in [6.07, 6.45) is 4.27. The minimum Gasteiger partial charge on any atom is -0.494 e. The third-order valence-electron chi connectivity index (χ3n) is 5.46. The van der Waals surface area contributed by atoms with Gasteiger partial charge < -0.3 is 10.1 Å². The molecule has 1 atom stereocenters. The van der Waals surface area contributed by atoms with Crippen LogP contribution in [-0.2, 0) is 14.8 Å². The molecule has 6 nitrogen and oxygen atoms in total. The zero-order valence-electron chi connectivity index (χ0n) is 19.6. The molecule has 0 aromatic heterocycles. The number of ether oxygens (including phenoxy) is 1. The van der Waals surface area contributed by atoms with Crippen molar-refractivity contribution in [2.24, 2.45) is 5.92 Å². The molecule has 0 fully saturated rings. The highest BCUT2D eigenvalue weighted by Gasteiger charge is 2.27. The lowest BCUT2D eigenvalue weighted by Gasteiger charge is -2.25. The number of rotatable bonds is 13. The average Bonchev–Trinajstić information content (AvgIpc) is 2.79. The lowest BCUT2D eigenvalue weighted by atomic mass is 9.99. The van der Waals surface area contributed by atoms with Crippen LogP contribution in [-0.4, -0.2) is 34.0 Å². The summed E-state index contributed by atoms with van der Waals surface area (Å²) in [4.78, 5) is 12.9. The van der Waals surface area contributed by atoms with E-state index in [-0.39, 0.29) is 17.3 Å². The van der Waals surface area contributed by atoms with Crippen molar-refractivity contribution in [3.05, 3.63) is 54.1 Å². The Labute approximate surface area is 193 Å². The van der Waals surface area contributed by atoms with Crippen LogP contribution in [0.15, 0.2) is 53.4 Å². The highest BCUT2D eigenvalue weighted by atomic mass is 32.2. The van der Waals surface area contributed by atoms with E-state index in [2.05, 4.69) is 19.2 Å². The van der Waals surface area contributed by atoms with Gasteiger partial charge in [0.1, 0.15) is 12.3 Å². The van der Waals surface area contributed by atoms with Gasteiger partial charge in [0.25, 0.3) is 10.0 Å². The smallest absolute Gasteiger partial charge is 0.264 e. The normalized spacial score (nSPS) is 12.2. The molecule has 0 heterocycles. The number of benzene rings is 2. The second-order valence-electron chi connectivity index (χ2n) is 7.97. The van der Waals surface area contributed by atoms with Crippen molar-refractivity contribution in [1.82, 2.24) is 5.32 Å². The summed E-state index contributed by atoms with van der Waals surface area (Å²) in [5, 5.41) is 2.94. The van der Waals surface area contributed by atoms with E-state index < -0.39 is 10.0 Å². The molecule has 0 spiro atoms. The van der Waals surface area contributed by atoms with Gasteiger partial charge in [0, 0.05) is 6.54 Å². The average molecular weight is 461 g/mol. The maximum atomic E-state index is 13.5. The molecule has 1 N–H and O–H groups in total. The van der Waals surface area contributed by atoms with Crippen molar-refractivity contribution in [2.45, 2.75) is 58.3 Å². The molecule has 176 valence electrons. The van der Waals surface area contributed by atoms with E-state index in [4.69, 9.17) is 4.74 Å². The van der Waals surface area contributed by atoms with Crippen LogP contribution in [0, 0.1) is 12.8 Å². The number of carbonyl (C=O) groups is 1. The van der Waals surface area contributed by atoms with Crippen molar-refractivity contribution < 1.29 is 17.9 Å². The van der Waals surface area contributed by atoms with Crippen molar-refractivity contribution in [1.29, 1.82) is 0 Å². The summed E-state index contributed by atoms with van der Waals surface area (Å²) < 4.78 is 33.5. The second kappa shape index (κ2) is 12.5. The molecule has 0 aliphatic rings. The molecule has 32 heavy (non-hydrogen) atoms. The van der Waals surface area contributed by atoms with E-state index in [1.165, 1.54) is 16.4 Å². The van der Waals surface area contributed by atoms with Gasteiger partial charge in [-0.3, -0.25) is 9.10 Å². The number of unbranched alkanes of at least 4 members (excludes halogenated alkanes) is 1. The molecule has 2 rings (SSSR count). The minimum atomic E-state index is -3.94. The van der Waals surface area contributed by atoms with E-state index in [0.29, 0.717) is 30.5 Å². The lowest BCUT2D eigenvalue weighted by Crippen LogP contribution is -2.42. The molecule has 0 radical (unpaired) electrons. The Morgan fingerprint density at radius 2 is 1.69 bits per heavy atom. The van der Waals surface area contributed by atoms with Crippen molar-refractivity contribution in [2.75, 3.05) is 24.0 Å². The Morgan fingerprint density at radius 3 is 2.25 bits per heavy atom. The Hall–Kier alpha value is -2.54. The fourth-order valence-corrected chi connectivity index (χ4v) is 4.84. The van der Waals surface area contributed by atoms with Gasteiger partial charge in [-0.1, -0.05) is 50.8 Å². The molecule has 2 aromatic carbocycles. The fraction of sp³-hybridized carbons (Fsp3) is 0.480. The predicted molar refractivity (Wildman–Crippen MR) is 130 cm³/mol. The first-order chi connectivity index (χ1) is 15.3. The maximum absolute atomic E-state index is 13.5. The molecule has 2 aromatic rings. The first-order valence-electron chi connectivity index (χ1n) is 11.4. The SMILES string of the molecule is CCCC[C@H](CC)CNC(=O)CN(c1ccc(C)cc1)S(=O)(=O)c1ccc(OCC)cc1. The third kappa shape index (κ3) is 7.26. The van der Waals surface area contributed by atoms with Crippen LogP contribution >= 0.6 is 0 Å². The molecular weight excluding hydrogens is 424 g/mol. The number of hydrogen-bond donors (Lipinski definition) is 1. The Bertz CT molecular complexity index is 941. The van der Waals surface area contributed by atoms with E-state index in [9.17, 15) is 13.2 Å². The van der Waals surface area contributed by atoms with Gasteiger partial charge in [-0.15, -0.1) is 0 Å². The van der Waals surface area contributed by atoms with Crippen molar-refractivity contribution in [3.8, 4) is 5.75 Å². The van der Waals surface area contributed by atoms with Gasteiger partial charge in [0.2, 0.25) is 5.91 Å². The summed E-state index contributed by atoms with van der Waals surface area (Å²) in [7, 11) is -3.94. The standard InChI is InChI=1S/C25H36N2O4S/c1-5-8-9-21(6-2)18-26-25(28)19-27(22-12-10-20(4)11-13-22)32(29,30)24-16-14-23(15-17-24)31-7-3/h10-17,21H,5-9,18-19H2,1-4H3,(H,26,28)/t21-/m0/s1. The van der Waals surface area contributed by atoms with Gasteiger partial charge in [-0.05, 0) is 62.6 Å². The highest BCUT2D eigenvalue weighted by Crippen LogP contribution is 2.25. The van der Waals surface area contributed by atoms with Crippen LogP contribution in [0.25, 0.3) is 0 Å². The number of anilines is 1. The molecule has 0 unspecified atom stereocenters. The lowest BCUT2D eigenvalue weighted by molar-refractivity contribution is -0.119. The molecular formula is C25H36N2O4S. The van der Waals surface area contributed by atoms with Gasteiger partial charge in [-0.25, -0.2) is 8.42 Å². The van der Waals surface area contributed by atoms with Crippen LogP contribution in [0.4, 0.5) is 5.69 Å². The van der Waals surface area contributed by atoms with E-state index in [1.54, 1.807) is 24.3 Å². The molecule has 7 heteroatoms. The molecule has 0 aliphatic heterocycles. The van der Waals surface area contributed by atoms with Crippen LogP contribution < -0.4 is 14.4 Å². The number of nitrogens with one attached hydrogen (secondary N) is 1. The van der Waals surface area contributed by atoms with Crippen LogP contribution in [0.1, 0.15) is 52.0 Å². The number of nitrogens with zero attached hydrogens (tertiary/aromatic N) is 1. The first kappa shape index (κ1) is 25.7. The Balaban J connectivity index is 2.24. The number of sulfonamides is 1. The zero-order valence-corrected chi connectivity index (χ0v) is 20.5. The van der Waals surface area contributed by atoms with Gasteiger partial charge in [0.15, 0.2) is 0 Å². The number of amides is 1. The minimum absolute atomic E-state index is 0.115. The first-order valence-corrected chi connectivity index (χ1v) is 12.8. The Morgan fingerprint density at radius 1 is 1.03 bits per heavy atom. The second-order valence-corrected chi connectivity index (χ2v) is 9.83. The largest absolute Gasteiger partial charge is 0.494 e. The maximum Gasteiger partial charge on any atom is 0.264 e. The zero-order chi connectivity index (χ0) is 23.6. The third-order valence-corrected chi connectivity index (χ3v) is 7.25. The van der Waals surface area contributed by atoms with Crippen molar-refractivity contribution >= 4 is 21.6 Å². The molecule has 0 aliphatic carbocycles. The van der Waals surface area contributed by atoms with Crippen LogP contribution in [0.3, 0.4) is 0 Å². The van der Waals surface area contributed by atoms with Gasteiger partial charge >= 0.3 is 0 Å². The molecule has 0 bridgehead atoms. The predicted octanol–water partition coefficient (Wildman–Crippen LogP) is 4.92. The van der Waals surface area contributed by atoms with E-state index in [1.807, 2.05) is 26.0 Å². The fourth-order valence-electron chi connectivity index (χ4n) is 3.42. The van der Waals surface area contributed by atoms with Gasteiger partial charge in [-0.2, -0.15) is 0 Å². The summed E-state index contributed by atoms with van der Waals surface area (Å²) in [6.45, 7) is 8.84. The van der Waals surface area contributed by atoms with Crippen LogP contribution in [0.2, 0.25) is 0 Å². The number of aryl methyl sites for hydroxylation is 1. The molecule has 0 saturated carbocycles. The summed E-state index contributed by atoms with van der Waals surface area (Å²) in [6, 6.07) is 13.4. The number of carbonyl (C=O) groups excluding carboxylic acids is 1. The van der Waals surface area contributed by atoms with Crippen molar-refractivity contribution in [3.63, 3.8) is 0 Å². The summed E-state index contributed by atoms with van der Waals surface area (Å²) in [5.41, 5.74) is 1.47. The summed E-state index contributed by atoms with van der Waals surface area (Å²) in [5.74, 6) is 0.688. The van der Waals surface area contributed by atoms with E-state index >= 15 is 0 Å². The monoisotopic (exact) mass is 460 g/mol. The quantitative estimate of drug-likeness (QED) is 0.460. The Kier molecular flexibility index (Phi) is 10.0. The van der Waals surface area contributed by atoms with E-state index in [0.717, 1.165) is 31.2 Å². The molecule has 0 saturated heterocycles.